The van der Waals surface area contributed by atoms with Crippen LogP contribution in [0.4, 0.5) is 14.5 Å². The smallest absolute Gasteiger partial charge is 0.255 e. The first-order valence-corrected chi connectivity index (χ1v) is 5.83. The van der Waals surface area contributed by atoms with Crippen LogP contribution < -0.4 is 10.6 Å². The molecule has 0 spiro atoms. The molecule has 0 bridgehead atoms. The number of pyridine rings is 1. The maximum atomic E-state index is 12.6. The van der Waals surface area contributed by atoms with E-state index in [1.165, 1.54) is 4.90 Å². The lowest BCUT2D eigenvalue weighted by Gasteiger charge is -2.26. The third-order valence-electron chi connectivity index (χ3n) is 2.65. The zero-order valence-corrected chi connectivity index (χ0v) is 11.0. The van der Waals surface area contributed by atoms with E-state index in [4.69, 9.17) is 16.2 Å². The van der Waals surface area contributed by atoms with Gasteiger partial charge in [-0.1, -0.05) is 0 Å². The molecule has 0 aliphatic heterocycles. The van der Waals surface area contributed by atoms with Crippen molar-refractivity contribution >= 4 is 11.5 Å². The Kier molecular flexibility index (Phi) is 5.17. The molecule has 0 fully saturated rings. The van der Waals surface area contributed by atoms with Crippen molar-refractivity contribution in [3.8, 4) is 0 Å². The van der Waals surface area contributed by atoms with Gasteiger partial charge in [-0.25, -0.2) is 8.78 Å². The van der Waals surface area contributed by atoms with Gasteiger partial charge < -0.3 is 15.7 Å². The average molecular weight is 272 g/mol. The van der Waals surface area contributed by atoms with Gasteiger partial charge in [-0.2, -0.15) is 0 Å². The molecule has 0 aliphatic carbocycles. The summed E-state index contributed by atoms with van der Waals surface area (Å²) in [4.78, 5) is 5.50. The number of halogens is 2. The number of aromatic nitrogens is 1. The average Bonchev–Trinajstić information content (AvgIpc) is 2.25. The van der Waals surface area contributed by atoms with Crippen LogP contribution in [0.25, 0.3) is 0 Å². The summed E-state index contributed by atoms with van der Waals surface area (Å²) < 4.78 is 25.2. The van der Waals surface area contributed by atoms with E-state index in [2.05, 4.69) is 4.98 Å². The number of nitrogens with one attached hydrogen (secondary N) is 1. The maximum Gasteiger partial charge on any atom is 0.255 e. The first-order chi connectivity index (χ1) is 8.86. The van der Waals surface area contributed by atoms with E-state index in [0.29, 0.717) is 22.6 Å². The molecular formula is C12H18F2N4O. The van der Waals surface area contributed by atoms with Gasteiger partial charge in [-0.15, -0.1) is 0 Å². The summed E-state index contributed by atoms with van der Waals surface area (Å²) >= 11 is 0. The lowest BCUT2D eigenvalue weighted by atomic mass is 10.1. The molecule has 0 aliphatic rings. The van der Waals surface area contributed by atoms with Crippen LogP contribution in [0.3, 0.4) is 0 Å². The van der Waals surface area contributed by atoms with Gasteiger partial charge >= 0.3 is 0 Å². The number of aryl methyl sites for hydroxylation is 2. The number of nitrogens with zero attached hydrogens (tertiary/aromatic N) is 2. The number of anilines is 1. The molecular weight excluding hydrogens is 254 g/mol. The molecule has 0 atom stereocenters. The Labute approximate surface area is 110 Å². The summed E-state index contributed by atoms with van der Waals surface area (Å²) in [6.45, 7) is 2.67. The minimum Gasteiger partial charge on any atom is -0.395 e. The van der Waals surface area contributed by atoms with Crippen molar-refractivity contribution in [2.24, 2.45) is 5.73 Å². The first-order valence-electron chi connectivity index (χ1n) is 5.83. The van der Waals surface area contributed by atoms with Crippen molar-refractivity contribution in [3.63, 3.8) is 0 Å². The topological polar surface area (TPSA) is 86.2 Å². The third kappa shape index (κ3) is 3.85. The summed E-state index contributed by atoms with van der Waals surface area (Å²) in [6.07, 6.45) is -2.54. The van der Waals surface area contributed by atoms with Crippen LogP contribution in [0, 0.1) is 19.3 Å². The van der Waals surface area contributed by atoms with E-state index in [1.54, 1.807) is 19.9 Å². The fourth-order valence-electron chi connectivity index (χ4n) is 1.99. The second-order valence-corrected chi connectivity index (χ2v) is 4.22. The lowest BCUT2D eigenvalue weighted by molar-refractivity contribution is 0.153. The van der Waals surface area contributed by atoms with Crippen LogP contribution in [0.5, 0.6) is 0 Å². The Bertz CT molecular complexity index is 465. The van der Waals surface area contributed by atoms with Gasteiger partial charge in [-0.05, 0) is 19.9 Å². The van der Waals surface area contributed by atoms with Crippen molar-refractivity contribution < 1.29 is 13.9 Å². The van der Waals surface area contributed by atoms with E-state index in [1.807, 2.05) is 0 Å². The number of nitrogens with two attached hydrogens (primary N) is 1. The monoisotopic (exact) mass is 272 g/mol. The Morgan fingerprint density at radius 2 is 2.16 bits per heavy atom. The predicted molar refractivity (Wildman–Crippen MR) is 70.0 cm³/mol. The summed E-state index contributed by atoms with van der Waals surface area (Å²) in [5.41, 5.74) is 7.40. The number of nitrogen functional groups attached to an aromatic ring is 1. The summed E-state index contributed by atoms with van der Waals surface area (Å²) in [5.74, 6) is -0.225. The van der Waals surface area contributed by atoms with E-state index in [-0.39, 0.29) is 19.0 Å². The molecule has 0 saturated carbocycles. The number of hydrogen-bond donors (Lipinski definition) is 3. The lowest BCUT2D eigenvalue weighted by Crippen LogP contribution is -2.34. The molecule has 19 heavy (non-hydrogen) atoms. The van der Waals surface area contributed by atoms with Crippen molar-refractivity contribution in [1.29, 1.82) is 5.41 Å². The highest BCUT2D eigenvalue weighted by Crippen LogP contribution is 2.24. The SMILES string of the molecule is Cc1cc(N(CCO)CC(F)F)c(C(=N)N)c(C)n1. The molecule has 0 radical (unpaired) electrons. The van der Waals surface area contributed by atoms with Gasteiger partial charge in [0.2, 0.25) is 0 Å². The van der Waals surface area contributed by atoms with Gasteiger partial charge in [0.05, 0.1) is 30.1 Å². The molecule has 4 N–H and O–H groups in total. The number of amidine groups is 1. The van der Waals surface area contributed by atoms with Crippen LogP contribution >= 0.6 is 0 Å². The highest BCUT2D eigenvalue weighted by molar-refractivity contribution is 6.01. The Balaban J connectivity index is 3.30. The van der Waals surface area contributed by atoms with E-state index in [0.717, 1.165) is 0 Å². The minimum atomic E-state index is -2.54. The Morgan fingerprint density at radius 3 is 2.63 bits per heavy atom. The molecule has 0 aromatic carbocycles. The molecule has 7 heteroatoms. The molecule has 0 amide bonds. The molecule has 5 nitrogen and oxygen atoms in total. The molecule has 1 aromatic rings. The largest absolute Gasteiger partial charge is 0.395 e. The third-order valence-corrected chi connectivity index (χ3v) is 2.65. The normalized spacial score (nSPS) is 10.8. The highest BCUT2D eigenvalue weighted by Gasteiger charge is 2.19. The zero-order chi connectivity index (χ0) is 14.6. The van der Waals surface area contributed by atoms with Gasteiger partial charge in [0.1, 0.15) is 5.84 Å². The molecule has 106 valence electrons. The molecule has 0 unspecified atom stereocenters. The number of aliphatic hydroxyl groups excluding tert-OH is 1. The fourth-order valence-corrected chi connectivity index (χ4v) is 1.99. The van der Waals surface area contributed by atoms with Crippen LogP contribution in [0.1, 0.15) is 17.0 Å². The van der Waals surface area contributed by atoms with Crippen molar-refractivity contribution in [3.05, 3.63) is 23.0 Å². The summed E-state index contributed by atoms with van der Waals surface area (Å²) in [5, 5.41) is 16.5. The Hall–Kier alpha value is -1.76. The van der Waals surface area contributed by atoms with Gasteiger partial charge in [0.15, 0.2) is 0 Å². The quantitative estimate of drug-likeness (QED) is 0.533. The number of hydrogen-bond acceptors (Lipinski definition) is 4. The molecule has 1 aromatic heterocycles. The molecule has 1 rings (SSSR count). The molecule has 1 heterocycles. The summed E-state index contributed by atoms with van der Waals surface area (Å²) in [6, 6.07) is 1.60. The number of alkyl halides is 2. The number of aliphatic hydroxyl groups is 1. The Morgan fingerprint density at radius 1 is 1.53 bits per heavy atom. The summed E-state index contributed by atoms with van der Waals surface area (Å²) in [7, 11) is 0. The van der Waals surface area contributed by atoms with E-state index in [9.17, 15) is 8.78 Å². The maximum absolute atomic E-state index is 12.6. The van der Waals surface area contributed by atoms with Crippen LogP contribution in [0.2, 0.25) is 0 Å². The van der Waals surface area contributed by atoms with Crippen LogP contribution in [-0.4, -0.2) is 42.0 Å². The minimum absolute atomic E-state index is 0.0491. The van der Waals surface area contributed by atoms with E-state index < -0.39 is 13.0 Å². The fraction of sp³-hybridized carbons (Fsp3) is 0.500. The van der Waals surface area contributed by atoms with Crippen molar-refractivity contribution in [1.82, 2.24) is 4.98 Å². The number of rotatable bonds is 6. The van der Waals surface area contributed by atoms with Crippen LogP contribution in [0.15, 0.2) is 6.07 Å². The van der Waals surface area contributed by atoms with Gasteiger partial charge in [-0.3, -0.25) is 10.4 Å². The highest BCUT2D eigenvalue weighted by atomic mass is 19.3. The van der Waals surface area contributed by atoms with Crippen LogP contribution in [-0.2, 0) is 0 Å². The van der Waals surface area contributed by atoms with E-state index >= 15 is 0 Å². The van der Waals surface area contributed by atoms with Crippen molar-refractivity contribution in [2.45, 2.75) is 20.3 Å². The first kappa shape index (κ1) is 15.3. The standard InChI is InChI=1S/C12H18F2N4O/c1-7-5-9(11(12(15)16)8(2)17-7)18(3-4-19)6-10(13)14/h5,10,19H,3-4,6H2,1-2H3,(H3,15,16). The van der Waals surface area contributed by atoms with Gasteiger partial charge in [0.25, 0.3) is 6.43 Å². The second kappa shape index (κ2) is 6.42. The zero-order valence-electron chi connectivity index (χ0n) is 11.0. The molecule has 0 saturated heterocycles. The van der Waals surface area contributed by atoms with Gasteiger partial charge in [0, 0.05) is 12.2 Å². The predicted octanol–water partition coefficient (Wildman–Crippen LogP) is 1.05. The second-order valence-electron chi connectivity index (χ2n) is 4.22. The van der Waals surface area contributed by atoms with Crippen molar-refractivity contribution in [2.75, 3.05) is 24.6 Å².